The van der Waals surface area contributed by atoms with E-state index < -0.39 is 70.9 Å². The number of fused-ring (bicyclic) bond motifs is 1. The number of ether oxygens (including phenoxy) is 2. The minimum absolute atomic E-state index is 0.0835. The molecule has 0 aromatic heterocycles. The van der Waals surface area contributed by atoms with E-state index >= 15 is 0 Å². The number of nitrogens with two attached hydrogens (primary N) is 1. The Morgan fingerprint density at radius 2 is 1.53 bits per heavy atom. The number of rotatable bonds is 12. The summed E-state index contributed by atoms with van der Waals surface area (Å²) in [6.45, 7) is 4.11. The summed E-state index contributed by atoms with van der Waals surface area (Å²) in [6, 6.07) is 5.76. The van der Waals surface area contributed by atoms with Crippen LogP contribution in [0.25, 0.3) is 0 Å². The molecule has 1 aromatic rings. The predicted molar refractivity (Wildman–Crippen MR) is 186 cm³/mol. The molecule has 0 spiro atoms. The smallest absolute Gasteiger partial charge is 0.332 e. The highest BCUT2D eigenvalue weighted by Crippen LogP contribution is 2.44. The number of urea groups is 1. The number of nitrogens with zero attached hydrogens (tertiary/aromatic N) is 1. The van der Waals surface area contributed by atoms with Crippen LogP contribution >= 0.6 is 0 Å². The molecule has 2 heterocycles. The number of amides is 5. The number of carbonyl (C=O) groups is 6. The average molecular weight is 708 g/mol. The maximum atomic E-state index is 14.7. The molecule has 5 aliphatic rings. The Kier molecular flexibility index (Phi) is 11.0. The van der Waals surface area contributed by atoms with Crippen molar-refractivity contribution in [2.24, 2.45) is 23.5 Å². The number of ketones is 1. The lowest BCUT2D eigenvalue weighted by Gasteiger charge is -2.38. The second kappa shape index (κ2) is 15.3. The molecule has 5 fully saturated rings. The molecule has 0 radical (unpaired) electrons. The summed E-state index contributed by atoms with van der Waals surface area (Å²) in [4.78, 5) is 82.5. The summed E-state index contributed by atoms with van der Waals surface area (Å²) in [5.74, 6) is -4.10. The zero-order valence-electron chi connectivity index (χ0n) is 29.8. The molecule has 6 rings (SSSR count). The number of nitrogens with one attached hydrogen (secondary N) is 3. The third-order valence-electron chi connectivity index (χ3n) is 11.6. The highest BCUT2D eigenvalue weighted by molar-refractivity contribution is 6.38. The fourth-order valence-electron chi connectivity index (χ4n) is 8.87. The van der Waals surface area contributed by atoms with Crippen molar-refractivity contribution in [2.75, 3.05) is 6.54 Å². The fourth-order valence-corrected chi connectivity index (χ4v) is 8.87. The summed E-state index contributed by atoms with van der Waals surface area (Å²) in [7, 11) is 0. The van der Waals surface area contributed by atoms with Gasteiger partial charge in [0.2, 0.25) is 17.6 Å². The van der Waals surface area contributed by atoms with E-state index in [-0.39, 0.29) is 30.9 Å². The van der Waals surface area contributed by atoms with Gasteiger partial charge < -0.3 is 36.1 Å². The van der Waals surface area contributed by atoms with Crippen LogP contribution in [-0.4, -0.2) is 82.3 Å². The highest BCUT2D eigenvalue weighted by atomic mass is 16.5. The second-order valence-electron chi connectivity index (χ2n) is 16.0. The molecule has 51 heavy (non-hydrogen) atoms. The van der Waals surface area contributed by atoms with Gasteiger partial charge in [-0.1, -0.05) is 68.9 Å². The largest absolute Gasteiger partial charge is 0.459 e. The van der Waals surface area contributed by atoms with Gasteiger partial charge in [-0.15, -0.1) is 0 Å². The standard InChI is InChI=1S/C38H53N5O8/c1-37(2)20-26-27(51-37)21-43(30(26)33(46)40-28(25-16-17-25)31(44)32(39)45)34(47)29(24-14-8-4-9-15-24)41-36(49)42-38(18-10-5-11-19-38)35(48)50-22-23-12-6-3-7-13-23/h3,6-7,12-13,24-30H,4-5,8-11,14-22H2,1-2H3,(H2,39,45)(H,40,46)(H2,41,42,49)/t26-,27-,28?,29-,30-/m0/s1. The van der Waals surface area contributed by atoms with E-state index in [0.717, 1.165) is 56.9 Å². The number of hydrogen-bond donors (Lipinski definition) is 4. The van der Waals surface area contributed by atoms with Gasteiger partial charge in [0.1, 0.15) is 30.3 Å². The van der Waals surface area contributed by atoms with Gasteiger partial charge >= 0.3 is 12.0 Å². The lowest BCUT2D eigenvalue weighted by molar-refractivity contribution is -0.154. The van der Waals surface area contributed by atoms with Gasteiger partial charge in [-0.3, -0.25) is 19.2 Å². The lowest BCUT2D eigenvalue weighted by atomic mass is 9.81. The maximum Gasteiger partial charge on any atom is 0.332 e. The molecule has 2 saturated heterocycles. The Bertz CT molecular complexity index is 1480. The first-order valence-electron chi connectivity index (χ1n) is 18.8. The summed E-state index contributed by atoms with van der Waals surface area (Å²) < 4.78 is 12.1. The van der Waals surface area contributed by atoms with Crippen LogP contribution < -0.4 is 21.7 Å². The van der Waals surface area contributed by atoms with E-state index in [9.17, 15) is 28.8 Å². The molecule has 5 N–H and O–H groups in total. The third-order valence-corrected chi connectivity index (χ3v) is 11.6. The van der Waals surface area contributed by atoms with E-state index in [1.54, 1.807) is 0 Å². The zero-order chi connectivity index (χ0) is 36.3. The van der Waals surface area contributed by atoms with Crippen LogP contribution in [0.15, 0.2) is 30.3 Å². The van der Waals surface area contributed by atoms with Crippen LogP contribution in [0.4, 0.5) is 4.79 Å². The summed E-state index contributed by atoms with van der Waals surface area (Å²) >= 11 is 0. The Labute approximate surface area is 299 Å². The third kappa shape index (κ3) is 8.39. The van der Waals surface area contributed by atoms with Crippen molar-refractivity contribution >= 4 is 35.5 Å². The summed E-state index contributed by atoms with van der Waals surface area (Å²) in [5.41, 5.74) is 4.43. The number of hydrogen-bond acceptors (Lipinski definition) is 8. The van der Waals surface area contributed by atoms with Gasteiger partial charge in [-0.2, -0.15) is 0 Å². The Morgan fingerprint density at radius 1 is 0.882 bits per heavy atom. The Hall–Kier alpha value is -4.00. The van der Waals surface area contributed by atoms with Crippen molar-refractivity contribution in [2.45, 2.75) is 139 Å². The molecule has 3 saturated carbocycles. The summed E-state index contributed by atoms with van der Waals surface area (Å²) in [6.07, 6.45) is 9.00. The topological polar surface area (TPSA) is 186 Å². The SMILES string of the molecule is CC1(C)C[C@H]2[C@H](CN(C(=O)[C@@H](NC(=O)NC3(C(=O)OCc4ccccc4)CCCCC3)C3CCCCC3)[C@@H]2C(=O)NC(C(=O)C(N)=O)C2CC2)O1. The van der Waals surface area contributed by atoms with Gasteiger partial charge in [-0.25, -0.2) is 9.59 Å². The minimum Gasteiger partial charge on any atom is -0.459 e. The molecular formula is C38H53N5O8. The Morgan fingerprint density at radius 3 is 2.18 bits per heavy atom. The molecule has 278 valence electrons. The van der Waals surface area contributed by atoms with Gasteiger partial charge in [0, 0.05) is 12.5 Å². The predicted octanol–water partition coefficient (Wildman–Crippen LogP) is 3.02. The lowest BCUT2D eigenvalue weighted by Crippen LogP contribution is -2.63. The molecule has 3 aliphatic carbocycles. The van der Waals surface area contributed by atoms with Gasteiger partial charge in [-0.05, 0) is 76.2 Å². The molecule has 1 aromatic carbocycles. The molecule has 1 unspecified atom stereocenters. The zero-order valence-corrected chi connectivity index (χ0v) is 29.8. The van der Waals surface area contributed by atoms with Crippen molar-refractivity contribution in [1.82, 2.24) is 20.9 Å². The van der Waals surface area contributed by atoms with Gasteiger partial charge in [0.25, 0.3) is 5.91 Å². The number of Topliss-reactive ketones (excluding diaryl/α,β-unsaturated/α-hetero) is 1. The summed E-state index contributed by atoms with van der Waals surface area (Å²) in [5, 5.41) is 8.72. The minimum atomic E-state index is -1.23. The molecule has 5 amide bonds. The van der Waals surface area contributed by atoms with E-state index in [1.807, 2.05) is 44.2 Å². The van der Waals surface area contributed by atoms with Crippen molar-refractivity contribution in [1.29, 1.82) is 0 Å². The molecule has 0 bridgehead atoms. The first-order chi connectivity index (χ1) is 24.4. The normalized spacial score (nSPS) is 26.6. The van der Waals surface area contributed by atoms with E-state index in [0.29, 0.717) is 32.1 Å². The molecule has 5 atom stereocenters. The Balaban J connectivity index is 1.22. The van der Waals surface area contributed by atoms with Crippen LogP contribution in [-0.2, 0) is 40.1 Å². The molecule has 13 nitrogen and oxygen atoms in total. The first kappa shape index (κ1) is 36.8. The van der Waals surface area contributed by atoms with Crippen LogP contribution in [0.3, 0.4) is 0 Å². The molecule has 2 aliphatic heterocycles. The second-order valence-corrected chi connectivity index (χ2v) is 16.0. The number of primary amides is 1. The van der Waals surface area contributed by atoms with Gasteiger partial charge in [0.05, 0.1) is 11.7 Å². The first-order valence-corrected chi connectivity index (χ1v) is 18.8. The number of benzene rings is 1. The van der Waals surface area contributed by atoms with Crippen LogP contribution in [0, 0.1) is 17.8 Å². The highest BCUT2D eigenvalue weighted by Gasteiger charge is 2.57. The van der Waals surface area contributed by atoms with E-state index in [4.69, 9.17) is 15.2 Å². The fraction of sp³-hybridized carbons (Fsp3) is 0.684. The molecular weight excluding hydrogens is 654 g/mol. The monoisotopic (exact) mass is 707 g/mol. The van der Waals surface area contributed by atoms with Gasteiger partial charge in [0.15, 0.2) is 0 Å². The van der Waals surface area contributed by atoms with Crippen molar-refractivity contribution in [3.05, 3.63) is 35.9 Å². The quantitative estimate of drug-likeness (QED) is 0.189. The number of esters is 1. The van der Waals surface area contributed by atoms with Crippen molar-refractivity contribution in [3.63, 3.8) is 0 Å². The van der Waals surface area contributed by atoms with Crippen molar-refractivity contribution in [3.8, 4) is 0 Å². The maximum absolute atomic E-state index is 14.7. The van der Waals surface area contributed by atoms with Crippen LogP contribution in [0.5, 0.6) is 0 Å². The van der Waals surface area contributed by atoms with E-state index in [2.05, 4.69) is 16.0 Å². The number of carbonyl (C=O) groups excluding carboxylic acids is 6. The van der Waals surface area contributed by atoms with Crippen LogP contribution in [0.2, 0.25) is 0 Å². The number of likely N-dealkylation sites (tertiary alicyclic amines) is 1. The van der Waals surface area contributed by atoms with Crippen LogP contribution in [0.1, 0.15) is 103 Å². The molecule has 13 heteroatoms. The van der Waals surface area contributed by atoms with Crippen molar-refractivity contribution < 1.29 is 38.2 Å². The van der Waals surface area contributed by atoms with E-state index in [1.165, 1.54) is 4.90 Å². The average Bonchev–Trinajstić information content (AvgIpc) is 3.84.